The van der Waals surface area contributed by atoms with Crippen molar-refractivity contribution in [1.29, 1.82) is 0 Å². The van der Waals surface area contributed by atoms with E-state index in [1.54, 1.807) is 30.5 Å². The van der Waals surface area contributed by atoms with E-state index in [2.05, 4.69) is 4.98 Å². The van der Waals surface area contributed by atoms with Crippen LogP contribution in [0.15, 0.2) is 60.8 Å². The van der Waals surface area contributed by atoms with Crippen LogP contribution in [0, 0.1) is 0 Å². The number of ether oxygens (including phenoxy) is 1. The summed E-state index contributed by atoms with van der Waals surface area (Å²) in [7, 11) is 0. The second-order valence-corrected chi connectivity index (χ2v) is 5.02. The van der Waals surface area contributed by atoms with Gasteiger partial charge >= 0.3 is 0 Å². The van der Waals surface area contributed by atoms with E-state index >= 15 is 0 Å². The Morgan fingerprint density at radius 3 is 2.81 bits per heavy atom. The minimum absolute atomic E-state index is 0.0413. The van der Waals surface area contributed by atoms with E-state index in [9.17, 15) is 4.79 Å². The van der Waals surface area contributed by atoms with Crippen LogP contribution in [0.4, 0.5) is 0 Å². The van der Waals surface area contributed by atoms with E-state index < -0.39 is 0 Å². The number of halogens is 1. The third-order valence-electron chi connectivity index (χ3n) is 3.08. The van der Waals surface area contributed by atoms with Gasteiger partial charge < -0.3 is 4.74 Å². The molecule has 2 aromatic carbocycles. The lowest BCUT2D eigenvalue weighted by molar-refractivity contribution is 0.0921. The lowest BCUT2D eigenvalue weighted by atomic mass is 10.1. The van der Waals surface area contributed by atoms with E-state index in [1.807, 2.05) is 30.3 Å². The molecule has 0 unspecified atom stereocenters. The molecule has 0 atom stereocenters. The highest BCUT2D eigenvalue weighted by molar-refractivity contribution is 6.30. The molecule has 3 aromatic rings. The van der Waals surface area contributed by atoms with E-state index in [0.717, 1.165) is 10.9 Å². The van der Waals surface area contributed by atoms with Crippen LogP contribution in [0.3, 0.4) is 0 Å². The third-order valence-corrected chi connectivity index (χ3v) is 3.31. The van der Waals surface area contributed by atoms with Crippen molar-refractivity contribution in [2.45, 2.75) is 0 Å². The van der Waals surface area contributed by atoms with Gasteiger partial charge in [-0.15, -0.1) is 0 Å². The molecule has 0 radical (unpaired) electrons. The van der Waals surface area contributed by atoms with Gasteiger partial charge in [0.15, 0.2) is 6.61 Å². The van der Waals surface area contributed by atoms with Crippen LogP contribution in [-0.4, -0.2) is 17.4 Å². The zero-order chi connectivity index (χ0) is 14.7. The van der Waals surface area contributed by atoms with Crippen molar-refractivity contribution in [1.82, 2.24) is 4.98 Å². The Balaban J connectivity index is 1.74. The summed E-state index contributed by atoms with van der Waals surface area (Å²) in [6.07, 6.45) is 1.58. The quantitative estimate of drug-likeness (QED) is 0.679. The molecule has 0 aliphatic carbocycles. The van der Waals surface area contributed by atoms with Gasteiger partial charge in [-0.25, -0.2) is 0 Å². The fourth-order valence-corrected chi connectivity index (χ4v) is 2.19. The highest BCUT2D eigenvalue weighted by atomic mass is 35.5. The molecule has 0 saturated carbocycles. The second kappa shape index (κ2) is 5.94. The molecule has 0 saturated heterocycles. The van der Waals surface area contributed by atoms with Crippen molar-refractivity contribution >= 4 is 28.3 Å². The minimum atomic E-state index is -0.117. The second-order valence-electron chi connectivity index (χ2n) is 4.59. The summed E-state index contributed by atoms with van der Waals surface area (Å²) in [6.45, 7) is -0.0413. The molecule has 0 amide bonds. The van der Waals surface area contributed by atoms with Gasteiger partial charge in [0.25, 0.3) is 0 Å². The number of fused-ring (bicyclic) bond motifs is 1. The molecular formula is C17H12ClNO2. The first kappa shape index (κ1) is 13.6. The van der Waals surface area contributed by atoms with Crippen molar-refractivity contribution < 1.29 is 9.53 Å². The molecule has 21 heavy (non-hydrogen) atoms. The van der Waals surface area contributed by atoms with Crippen molar-refractivity contribution in [3.8, 4) is 5.75 Å². The lowest BCUT2D eigenvalue weighted by Crippen LogP contribution is -2.11. The summed E-state index contributed by atoms with van der Waals surface area (Å²) >= 11 is 5.87. The fourth-order valence-electron chi connectivity index (χ4n) is 2.01. The molecule has 0 aliphatic heterocycles. The molecule has 0 N–H and O–H groups in total. The van der Waals surface area contributed by atoms with E-state index in [4.69, 9.17) is 16.3 Å². The largest absolute Gasteiger partial charge is 0.485 e. The van der Waals surface area contributed by atoms with Crippen LogP contribution in [0.25, 0.3) is 10.9 Å². The van der Waals surface area contributed by atoms with Crippen LogP contribution in [0.1, 0.15) is 10.4 Å². The molecule has 0 spiro atoms. The predicted octanol–water partition coefficient (Wildman–Crippen LogP) is 4.15. The van der Waals surface area contributed by atoms with Crippen LogP contribution < -0.4 is 4.74 Å². The summed E-state index contributed by atoms with van der Waals surface area (Å²) in [4.78, 5) is 16.4. The van der Waals surface area contributed by atoms with Gasteiger partial charge in [-0.1, -0.05) is 35.9 Å². The molecule has 3 rings (SSSR count). The first-order valence-corrected chi connectivity index (χ1v) is 6.86. The van der Waals surface area contributed by atoms with Crippen LogP contribution in [0.5, 0.6) is 5.75 Å². The highest BCUT2D eigenvalue weighted by Crippen LogP contribution is 2.18. The normalized spacial score (nSPS) is 10.5. The Bertz CT molecular complexity index is 801. The number of aromatic nitrogens is 1. The number of benzene rings is 2. The van der Waals surface area contributed by atoms with Crippen LogP contribution in [0.2, 0.25) is 5.02 Å². The number of hydrogen-bond donors (Lipinski definition) is 0. The summed E-state index contributed by atoms with van der Waals surface area (Å²) in [5, 5.41) is 1.51. The topological polar surface area (TPSA) is 39.2 Å². The van der Waals surface area contributed by atoms with E-state index in [0.29, 0.717) is 16.3 Å². The molecule has 1 heterocycles. The average Bonchev–Trinajstić information content (AvgIpc) is 2.52. The van der Waals surface area contributed by atoms with Gasteiger partial charge in [0.1, 0.15) is 5.75 Å². The van der Waals surface area contributed by atoms with Gasteiger partial charge in [-0.2, -0.15) is 0 Å². The number of nitrogens with zero attached hydrogens (tertiary/aromatic N) is 1. The molecule has 0 aliphatic rings. The predicted molar refractivity (Wildman–Crippen MR) is 83.0 cm³/mol. The first-order chi connectivity index (χ1) is 10.2. The molecule has 3 nitrogen and oxygen atoms in total. The maximum Gasteiger partial charge on any atom is 0.201 e. The SMILES string of the molecule is O=C(COc1cccc(Cl)c1)c1cnc2ccccc2c1. The zero-order valence-electron chi connectivity index (χ0n) is 11.1. The van der Waals surface area contributed by atoms with Crippen molar-refractivity contribution in [2.24, 2.45) is 0 Å². The molecule has 1 aromatic heterocycles. The monoisotopic (exact) mass is 297 g/mol. The Morgan fingerprint density at radius 2 is 1.95 bits per heavy atom. The van der Waals surface area contributed by atoms with Gasteiger partial charge in [-0.05, 0) is 30.3 Å². The Kier molecular flexibility index (Phi) is 3.84. The van der Waals surface area contributed by atoms with Gasteiger partial charge in [0.2, 0.25) is 5.78 Å². The molecule has 0 fully saturated rings. The smallest absolute Gasteiger partial charge is 0.201 e. The van der Waals surface area contributed by atoms with Gasteiger partial charge in [-0.3, -0.25) is 9.78 Å². The van der Waals surface area contributed by atoms with Crippen molar-refractivity contribution in [2.75, 3.05) is 6.61 Å². The highest BCUT2D eigenvalue weighted by Gasteiger charge is 2.08. The Labute approximate surface area is 127 Å². The molecule has 104 valence electrons. The number of ketones is 1. The lowest BCUT2D eigenvalue weighted by Gasteiger charge is -2.06. The first-order valence-electron chi connectivity index (χ1n) is 6.49. The molecule has 0 bridgehead atoms. The third kappa shape index (κ3) is 3.20. The maximum absolute atomic E-state index is 12.1. The summed E-state index contributed by atoms with van der Waals surface area (Å²) < 4.78 is 5.45. The number of carbonyl (C=O) groups is 1. The number of pyridine rings is 1. The summed E-state index contributed by atoms with van der Waals surface area (Å²) in [6, 6.07) is 16.5. The zero-order valence-corrected chi connectivity index (χ0v) is 11.9. The number of carbonyl (C=O) groups excluding carboxylic acids is 1. The Hall–Kier alpha value is -2.39. The summed E-state index contributed by atoms with van der Waals surface area (Å²) in [5.74, 6) is 0.456. The number of Topliss-reactive ketones (excluding diaryl/α,β-unsaturated/α-hetero) is 1. The standard InChI is InChI=1S/C17H12ClNO2/c18-14-5-3-6-15(9-14)21-11-17(20)13-8-12-4-1-2-7-16(12)19-10-13/h1-10H,11H2. The number of para-hydroxylation sites is 1. The van der Waals surface area contributed by atoms with E-state index in [1.165, 1.54) is 0 Å². The van der Waals surface area contributed by atoms with Crippen molar-refractivity contribution in [3.05, 3.63) is 71.4 Å². The molecular weight excluding hydrogens is 286 g/mol. The number of hydrogen-bond acceptors (Lipinski definition) is 3. The van der Waals surface area contributed by atoms with E-state index in [-0.39, 0.29) is 12.4 Å². The minimum Gasteiger partial charge on any atom is -0.485 e. The summed E-state index contributed by atoms with van der Waals surface area (Å²) in [5.41, 5.74) is 1.40. The van der Waals surface area contributed by atoms with Gasteiger partial charge in [0, 0.05) is 22.2 Å². The van der Waals surface area contributed by atoms with Gasteiger partial charge in [0.05, 0.1) is 5.52 Å². The van der Waals surface area contributed by atoms with Crippen molar-refractivity contribution in [3.63, 3.8) is 0 Å². The molecule has 4 heteroatoms. The fraction of sp³-hybridized carbons (Fsp3) is 0.0588. The Morgan fingerprint density at radius 1 is 1.10 bits per heavy atom. The van der Waals surface area contributed by atoms with Crippen LogP contribution in [-0.2, 0) is 0 Å². The van der Waals surface area contributed by atoms with Crippen LogP contribution >= 0.6 is 11.6 Å². The average molecular weight is 298 g/mol. The number of rotatable bonds is 4. The maximum atomic E-state index is 12.1.